The second kappa shape index (κ2) is 6.35. The molecule has 0 atom stereocenters. The number of carbonyl (C=O) groups excluding carboxylic acids is 3. The Labute approximate surface area is 158 Å². The average molecular weight is 406 g/mol. The molecular formula is C21H12BrNO3. The Morgan fingerprint density at radius 1 is 0.692 bits per heavy atom. The van der Waals surface area contributed by atoms with Crippen molar-refractivity contribution in [2.24, 2.45) is 0 Å². The molecule has 0 fully saturated rings. The minimum atomic E-state index is -0.321. The average Bonchev–Trinajstić information content (AvgIpc) is 2.71. The van der Waals surface area contributed by atoms with Crippen molar-refractivity contribution >= 4 is 39.3 Å². The van der Waals surface area contributed by atoms with Gasteiger partial charge in [-0.25, -0.2) is 3.93 Å². The van der Waals surface area contributed by atoms with E-state index < -0.39 is 0 Å². The molecular weight excluding hydrogens is 394 g/mol. The number of nitrogens with zero attached hydrogens (tertiary/aromatic N) is 1. The zero-order valence-corrected chi connectivity index (χ0v) is 15.1. The lowest BCUT2D eigenvalue weighted by Crippen LogP contribution is -2.27. The summed E-state index contributed by atoms with van der Waals surface area (Å²) in [6.07, 6.45) is 0. The van der Waals surface area contributed by atoms with E-state index in [-0.39, 0.29) is 23.0 Å². The molecule has 1 aliphatic carbocycles. The maximum atomic E-state index is 13.0. The summed E-state index contributed by atoms with van der Waals surface area (Å²) in [5.41, 5.74) is 2.10. The molecule has 0 unspecified atom stereocenters. The molecule has 0 N–H and O–H groups in total. The lowest BCUT2D eigenvalue weighted by Gasteiger charge is -2.23. The summed E-state index contributed by atoms with van der Waals surface area (Å²) >= 11 is 3.27. The van der Waals surface area contributed by atoms with E-state index in [1.165, 1.54) is 3.93 Å². The van der Waals surface area contributed by atoms with Crippen LogP contribution in [0.4, 0.5) is 5.69 Å². The van der Waals surface area contributed by atoms with Crippen LogP contribution in [0.15, 0.2) is 72.8 Å². The van der Waals surface area contributed by atoms with E-state index in [1.807, 2.05) is 6.07 Å². The molecule has 0 aromatic heterocycles. The first-order valence-corrected chi connectivity index (χ1v) is 8.67. The van der Waals surface area contributed by atoms with Crippen molar-refractivity contribution in [3.63, 3.8) is 0 Å². The molecule has 0 saturated heterocycles. The molecule has 0 heterocycles. The third kappa shape index (κ3) is 2.48. The largest absolute Gasteiger partial charge is 0.289 e. The van der Waals surface area contributed by atoms with E-state index in [9.17, 15) is 14.4 Å². The summed E-state index contributed by atoms with van der Waals surface area (Å²) in [6.45, 7) is 0. The predicted molar refractivity (Wildman–Crippen MR) is 102 cm³/mol. The van der Waals surface area contributed by atoms with Gasteiger partial charge in [0.15, 0.2) is 11.6 Å². The predicted octanol–water partition coefficient (Wildman–Crippen LogP) is 4.42. The number of benzene rings is 3. The van der Waals surface area contributed by atoms with Crippen LogP contribution >= 0.6 is 16.1 Å². The third-order valence-corrected chi connectivity index (χ3v) is 5.05. The Balaban J connectivity index is 1.85. The van der Waals surface area contributed by atoms with Gasteiger partial charge in [-0.3, -0.25) is 14.4 Å². The molecule has 0 spiro atoms. The second-order valence-electron chi connectivity index (χ2n) is 5.86. The van der Waals surface area contributed by atoms with Crippen LogP contribution in [-0.4, -0.2) is 17.5 Å². The molecule has 0 radical (unpaired) electrons. The summed E-state index contributed by atoms with van der Waals surface area (Å²) in [4.78, 5) is 38.6. The topological polar surface area (TPSA) is 54.5 Å². The van der Waals surface area contributed by atoms with Gasteiger partial charge in [0, 0.05) is 22.3 Å². The number of carbonyl (C=O) groups is 3. The molecule has 3 aromatic carbocycles. The lowest BCUT2D eigenvalue weighted by atomic mass is 9.83. The van der Waals surface area contributed by atoms with Crippen LogP contribution in [0.25, 0.3) is 0 Å². The first-order valence-electron chi connectivity index (χ1n) is 7.96. The van der Waals surface area contributed by atoms with Crippen LogP contribution in [0.3, 0.4) is 0 Å². The van der Waals surface area contributed by atoms with E-state index in [0.29, 0.717) is 27.9 Å². The van der Waals surface area contributed by atoms with Crippen LogP contribution in [0.5, 0.6) is 0 Å². The smallest absolute Gasteiger partial charge is 0.268 e. The Morgan fingerprint density at radius 2 is 1.27 bits per heavy atom. The lowest BCUT2D eigenvalue weighted by molar-refractivity contribution is 0.0977. The zero-order valence-electron chi connectivity index (χ0n) is 13.5. The van der Waals surface area contributed by atoms with Crippen LogP contribution in [0.2, 0.25) is 0 Å². The van der Waals surface area contributed by atoms with Crippen molar-refractivity contribution < 1.29 is 14.4 Å². The number of hydrogen-bond acceptors (Lipinski definition) is 3. The van der Waals surface area contributed by atoms with Crippen molar-refractivity contribution in [3.05, 3.63) is 101 Å². The van der Waals surface area contributed by atoms with E-state index in [4.69, 9.17) is 0 Å². The van der Waals surface area contributed by atoms with Gasteiger partial charge in [0.25, 0.3) is 5.91 Å². The Kier molecular flexibility index (Phi) is 4.01. The first-order chi connectivity index (χ1) is 12.6. The van der Waals surface area contributed by atoms with Crippen LogP contribution < -0.4 is 3.93 Å². The second-order valence-corrected chi connectivity index (χ2v) is 6.56. The Hall–Kier alpha value is -3.05. The van der Waals surface area contributed by atoms with Crippen molar-refractivity contribution in [2.45, 2.75) is 0 Å². The fourth-order valence-corrected chi connectivity index (χ4v) is 3.59. The number of amides is 1. The Bertz CT molecular complexity index is 1060. The number of anilines is 1. The van der Waals surface area contributed by atoms with Crippen LogP contribution in [-0.2, 0) is 0 Å². The van der Waals surface area contributed by atoms with E-state index >= 15 is 0 Å². The molecule has 0 aliphatic heterocycles. The summed E-state index contributed by atoms with van der Waals surface area (Å²) in [7, 11) is 0. The molecule has 0 saturated carbocycles. The summed E-state index contributed by atoms with van der Waals surface area (Å²) in [5, 5.41) is 0. The highest BCUT2D eigenvalue weighted by molar-refractivity contribution is 9.10. The van der Waals surface area contributed by atoms with Crippen molar-refractivity contribution in [1.29, 1.82) is 0 Å². The van der Waals surface area contributed by atoms with Gasteiger partial charge in [-0.1, -0.05) is 54.6 Å². The van der Waals surface area contributed by atoms with Gasteiger partial charge in [-0.2, -0.15) is 0 Å². The molecule has 3 aromatic rings. The first kappa shape index (κ1) is 16.4. The van der Waals surface area contributed by atoms with Crippen molar-refractivity contribution in [1.82, 2.24) is 0 Å². The SMILES string of the molecule is O=C1c2ccccc2C(=O)c2c1cccc2N(Br)C(=O)c1ccccc1. The highest BCUT2D eigenvalue weighted by atomic mass is 79.9. The number of rotatable bonds is 2. The quantitative estimate of drug-likeness (QED) is 0.463. The molecule has 1 amide bonds. The van der Waals surface area contributed by atoms with Crippen molar-refractivity contribution in [2.75, 3.05) is 3.93 Å². The van der Waals surface area contributed by atoms with Crippen molar-refractivity contribution in [3.8, 4) is 0 Å². The van der Waals surface area contributed by atoms with Crippen LogP contribution in [0.1, 0.15) is 42.2 Å². The van der Waals surface area contributed by atoms with E-state index in [2.05, 4.69) is 16.1 Å². The fraction of sp³-hybridized carbons (Fsp3) is 0. The molecule has 4 rings (SSSR count). The zero-order chi connectivity index (χ0) is 18.3. The Morgan fingerprint density at radius 3 is 1.96 bits per heavy atom. The molecule has 5 heteroatoms. The monoisotopic (exact) mass is 405 g/mol. The number of hydrogen-bond donors (Lipinski definition) is 0. The minimum absolute atomic E-state index is 0.217. The third-order valence-electron chi connectivity index (χ3n) is 4.34. The van der Waals surface area contributed by atoms with Gasteiger partial charge in [0.2, 0.25) is 0 Å². The maximum absolute atomic E-state index is 13.0. The summed E-state index contributed by atoms with van der Waals surface area (Å²) < 4.78 is 1.24. The number of ketones is 2. The summed E-state index contributed by atoms with van der Waals surface area (Å²) in [5.74, 6) is -0.806. The molecule has 0 bridgehead atoms. The summed E-state index contributed by atoms with van der Waals surface area (Å²) in [6, 6.07) is 20.4. The highest BCUT2D eigenvalue weighted by Crippen LogP contribution is 2.35. The van der Waals surface area contributed by atoms with Gasteiger partial charge in [-0.15, -0.1) is 0 Å². The number of fused-ring (bicyclic) bond motifs is 2. The molecule has 4 nitrogen and oxygen atoms in total. The fourth-order valence-electron chi connectivity index (χ4n) is 3.09. The van der Waals surface area contributed by atoms with E-state index in [0.717, 1.165) is 0 Å². The molecule has 126 valence electrons. The van der Waals surface area contributed by atoms with Gasteiger partial charge in [0.05, 0.1) is 27.4 Å². The molecule has 1 aliphatic rings. The normalized spacial score (nSPS) is 12.3. The number of halogens is 1. The van der Waals surface area contributed by atoms with Gasteiger partial charge in [0.1, 0.15) is 0 Å². The van der Waals surface area contributed by atoms with Gasteiger partial charge < -0.3 is 0 Å². The van der Waals surface area contributed by atoms with Crippen LogP contribution in [0, 0.1) is 0 Å². The van der Waals surface area contributed by atoms with Gasteiger partial charge in [-0.05, 0) is 18.2 Å². The van der Waals surface area contributed by atoms with E-state index in [1.54, 1.807) is 66.7 Å². The molecule has 26 heavy (non-hydrogen) atoms. The maximum Gasteiger partial charge on any atom is 0.268 e. The minimum Gasteiger partial charge on any atom is -0.289 e. The van der Waals surface area contributed by atoms with Gasteiger partial charge >= 0.3 is 0 Å². The highest BCUT2D eigenvalue weighted by Gasteiger charge is 2.33. The standard InChI is InChI=1S/C21H12BrNO3/c22-23(21(26)13-7-2-1-3-8-13)17-12-6-11-16-18(17)20(25)15-10-5-4-9-14(15)19(16)24/h1-12H.